The van der Waals surface area contributed by atoms with Crippen molar-refractivity contribution >= 4 is 50.0 Å². The van der Waals surface area contributed by atoms with Gasteiger partial charge in [-0.3, -0.25) is 9.78 Å². The van der Waals surface area contributed by atoms with Gasteiger partial charge in [0, 0.05) is 21.1 Å². The summed E-state index contributed by atoms with van der Waals surface area (Å²) in [5.74, 6) is -0.199. The van der Waals surface area contributed by atoms with Gasteiger partial charge in [-0.2, -0.15) is 0 Å². The second-order valence-electron chi connectivity index (χ2n) is 4.45. The molecule has 104 valence electrons. The SMILES string of the molecule is O=C(Nc1cccc2ncccc12)c1ccc(Cl)cc1Br. The summed E-state index contributed by atoms with van der Waals surface area (Å²) in [5.41, 5.74) is 2.10. The molecule has 0 spiro atoms. The van der Waals surface area contributed by atoms with E-state index in [4.69, 9.17) is 11.6 Å². The molecule has 0 saturated carbocycles. The van der Waals surface area contributed by atoms with Crippen LogP contribution < -0.4 is 5.32 Å². The summed E-state index contributed by atoms with van der Waals surface area (Å²) in [6, 6.07) is 14.5. The van der Waals surface area contributed by atoms with Crippen molar-refractivity contribution in [2.24, 2.45) is 0 Å². The predicted molar refractivity (Wildman–Crippen MR) is 88.8 cm³/mol. The minimum absolute atomic E-state index is 0.199. The number of halogens is 2. The fourth-order valence-electron chi connectivity index (χ4n) is 2.08. The highest BCUT2D eigenvalue weighted by Crippen LogP contribution is 2.25. The van der Waals surface area contributed by atoms with Crippen LogP contribution in [0.3, 0.4) is 0 Å². The van der Waals surface area contributed by atoms with Gasteiger partial charge in [0.2, 0.25) is 0 Å². The van der Waals surface area contributed by atoms with Gasteiger partial charge < -0.3 is 5.32 Å². The molecule has 1 heterocycles. The maximum Gasteiger partial charge on any atom is 0.256 e. The third-order valence-electron chi connectivity index (χ3n) is 3.07. The van der Waals surface area contributed by atoms with Crippen LogP contribution in [0.5, 0.6) is 0 Å². The average Bonchev–Trinajstić information content (AvgIpc) is 2.47. The number of rotatable bonds is 2. The van der Waals surface area contributed by atoms with E-state index in [9.17, 15) is 4.79 Å². The van der Waals surface area contributed by atoms with Crippen molar-refractivity contribution in [1.29, 1.82) is 0 Å². The Morgan fingerprint density at radius 3 is 2.81 bits per heavy atom. The molecule has 3 nitrogen and oxygen atoms in total. The van der Waals surface area contributed by atoms with Crippen LogP contribution in [0.1, 0.15) is 10.4 Å². The molecule has 3 aromatic rings. The van der Waals surface area contributed by atoms with E-state index in [0.717, 1.165) is 16.6 Å². The third-order valence-corrected chi connectivity index (χ3v) is 3.96. The Morgan fingerprint density at radius 2 is 2.00 bits per heavy atom. The number of nitrogens with one attached hydrogen (secondary N) is 1. The van der Waals surface area contributed by atoms with Gasteiger partial charge in [0.15, 0.2) is 0 Å². The molecule has 1 amide bonds. The Kier molecular flexibility index (Phi) is 3.90. The smallest absolute Gasteiger partial charge is 0.256 e. The molecule has 0 atom stereocenters. The van der Waals surface area contributed by atoms with E-state index in [0.29, 0.717) is 15.1 Å². The highest BCUT2D eigenvalue weighted by molar-refractivity contribution is 9.10. The van der Waals surface area contributed by atoms with Crippen LogP contribution in [-0.4, -0.2) is 10.9 Å². The van der Waals surface area contributed by atoms with Crippen molar-refractivity contribution in [3.63, 3.8) is 0 Å². The summed E-state index contributed by atoms with van der Waals surface area (Å²) in [5, 5.41) is 4.39. The number of nitrogens with zero attached hydrogens (tertiary/aromatic N) is 1. The second kappa shape index (κ2) is 5.84. The van der Waals surface area contributed by atoms with E-state index in [1.54, 1.807) is 24.4 Å². The number of fused-ring (bicyclic) bond motifs is 1. The van der Waals surface area contributed by atoms with E-state index in [2.05, 4.69) is 26.2 Å². The molecule has 1 aromatic heterocycles. The van der Waals surface area contributed by atoms with Crippen LogP contribution >= 0.6 is 27.5 Å². The van der Waals surface area contributed by atoms with E-state index in [1.165, 1.54) is 0 Å². The summed E-state index contributed by atoms with van der Waals surface area (Å²) in [7, 11) is 0. The first kappa shape index (κ1) is 14.0. The topological polar surface area (TPSA) is 42.0 Å². The Morgan fingerprint density at radius 1 is 1.14 bits per heavy atom. The van der Waals surface area contributed by atoms with Crippen molar-refractivity contribution in [2.75, 3.05) is 5.32 Å². The normalized spacial score (nSPS) is 10.6. The molecule has 3 rings (SSSR count). The molecule has 0 fully saturated rings. The zero-order chi connectivity index (χ0) is 14.8. The molecule has 0 radical (unpaired) electrons. The molecule has 2 aromatic carbocycles. The third kappa shape index (κ3) is 2.91. The van der Waals surface area contributed by atoms with Crippen LogP contribution in [0, 0.1) is 0 Å². The Bertz CT molecular complexity index is 830. The summed E-state index contributed by atoms with van der Waals surface area (Å²) in [6.45, 7) is 0. The van der Waals surface area contributed by atoms with Gasteiger partial charge in [0.05, 0.1) is 16.8 Å². The summed E-state index contributed by atoms with van der Waals surface area (Å²) >= 11 is 9.24. The zero-order valence-corrected chi connectivity index (χ0v) is 13.1. The molecule has 1 N–H and O–H groups in total. The van der Waals surface area contributed by atoms with E-state index < -0.39 is 0 Å². The molecule has 0 aliphatic heterocycles. The Hall–Kier alpha value is -1.91. The Balaban J connectivity index is 1.97. The van der Waals surface area contributed by atoms with Crippen molar-refractivity contribution in [2.45, 2.75) is 0 Å². The zero-order valence-electron chi connectivity index (χ0n) is 10.8. The molecule has 0 bridgehead atoms. The number of anilines is 1. The highest BCUT2D eigenvalue weighted by Gasteiger charge is 2.12. The lowest BCUT2D eigenvalue weighted by Crippen LogP contribution is -2.12. The lowest BCUT2D eigenvalue weighted by atomic mass is 10.1. The maximum atomic E-state index is 12.4. The first-order chi connectivity index (χ1) is 10.1. The molecule has 5 heteroatoms. The number of aromatic nitrogens is 1. The van der Waals surface area contributed by atoms with Crippen LogP contribution in [0.25, 0.3) is 10.9 Å². The molecular formula is C16H10BrClN2O. The van der Waals surface area contributed by atoms with Crippen molar-refractivity contribution < 1.29 is 4.79 Å². The van der Waals surface area contributed by atoms with Crippen LogP contribution in [0.4, 0.5) is 5.69 Å². The predicted octanol–water partition coefficient (Wildman–Crippen LogP) is 4.90. The number of pyridine rings is 1. The molecule has 0 saturated heterocycles. The lowest BCUT2D eigenvalue weighted by Gasteiger charge is -2.09. The molecular weight excluding hydrogens is 352 g/mol. The van der Waals surface area contributed by atoms with E-state index in [-0.39, 0.29) is 5.91 Å². The van der Waals surface area contributed by atoms with Gasteiger partial charge in [0.25, 0.3) is 5.91 Å². The minimum atomic E-state index is -0.199. The summed E-state index contributed by atoms with van der Waals surface area (Å²) < 4.78 is 0.658. The number of benzene rings is 2. The standard InChI is InChI=1S/C16H10BrClN2O/c17-13-9-10(18)6-7-11(13)16(21)20-15-5-1-4-14-12(15)3-2-8-19-14/h1-9H,(H,20,21). The first-order valence-corrected chi connectivity index (χ1v) is 7.42. The van der Waals surface area contributed by atoms with Gasteiger partial charge in [-0.1, -0.05) is 17.7 Å². The largest absolute Gasteiger partial charge is 0.321 e. The highest BCUT2D eigenvalue weighted by atomic mass is 79.9. The first-order valence-electron chi connectivity index (χ1n) is 6.25. The van der Waals surface area contributed by atoms with Gasteiger partial charge >= 0.3 is 0 Å². The summed E-state index contributed by atoms with van der Waals surface area (Å²) in [6.07, 6.45) is 1.73. The van der Waals surface area contributed by atoms with Crippen LogP contribution in [-0.2, 0) is 0 Å². The Labute approximate surface area is 135 Å². The van der Waals surface area contributed by atoms with Crippen LogP contribution in [0.15, 0.2) is 59.2 Å². The molecule has 0 aliphatic rings. The summed E-state index contributed by atoms with van der Waals surface area (Å²) in [4.78, 5) is 16.7. The minimum Gasteiger partial charge on any atom is -0.321 e. The van der Waals surface area contributed by atoms with Gasteiger partial charge in [-0.05, 0) is 58.4 Å². The molecule has 21 heavy (non-hydrogen) atoms. The van der Waals surface area contributed by atoms with Gasteiger partial charge in [-0.15, -0.1) is 0 Å². The van der Waals surface area contributed by atoms with Crippen LogP contribution in [0.2, 0.25) is 5.02 Å². The number of hydrogen-bond acceptors (Lipinski definition) is 2. The van der Waals surface area contributed by atoms with E-state index in [1.807, 2.05) is 30.3 Å². The fraction of sp³-hybridized carbons (Fsp3) is 0. The monoisotopic (exact) mass is 360 g/mol. The van der Waals surface area contributed by atoms with E-state index >= 15 is 0 Å². The fourth-order valence-corrected chi connectivity index (χ4v) is 2.94. The van der Waals surface area contributed by atoms with Crippen molar-refractivity contribution in [3.05, 3.63) is 69.8 Å². The van der Waals surface area contributed by atoms with Crippen molar-refractivity contribution in [3.8, 4) is 0 Å². The quantitative estimate of drug-likeness (QED) is 0.705. The van der Waals surface area contributed by atoms with Gasteiger partial charge in [-0.25, -0.2) is 0 Å². The maximum absolute atomic E-state index is 12.4. The lowest BCUT2D eigenvalue weighted by molar-refractivity contribution is 0.102. The number of carbonyl (C=O) groups is 1. The number of hydrogen-bond donors (Lipinski definition) is 1. The molecule has 0 unspecified atom stereocenters. The number of carbonyl (C=O) groups excluding carboxylic acids is 1. The average molecular weight is 362 g/mol. The van der Waals surface area contributed by atoms with Crippen molar-refractivity contribution in [1.82, 2.24) is 4.98 Å². The molecule has 0 aliphatic carbocycles. The number of amides is 1. The van der Waals surface area contributed by atoms with Gasteiger partial charge in [0.1, 0.15) is 0 Å². The second-order valence-corrected chi connectivity index (χ2v) is 5.74.